The Labute approximate surface area is 143 Å². The summed E-state index contributed by atoms with van der Waals surface area (Å²) in [5.74, 6) is 1.09. The summed E-state index contributed by atoms with van der Waals surface area (Å²) in [6.45, 7) is 3.59. The van der Waals surface area contributed by atoms with Crippen molar-refractivity contribution in [1.29, 1.82) is 0 Å². The van der Waals surface area contributed by atoms with Crippen molar-refractivity contribution < 1.29 is 19.1 Å². The van der Waals surface area contributed by atoms with Gasteiger partial charge in [-0.2, -0.15) is 0 Å². The predicted molar refractivity (Wildman–Crippen MR) is 92.9 cm³/mol. The van der Waals surface area contributed by atoms with E-state index in [1.54, 1.807) is 24.3 Å². The summed E-state index contributed by atoms with van der Waals surface area (Å²) in [7, 11) is 1.51. The zero-order valence-electron chi connectivity index (χ0n) is 14.5. The van der Waals surface area contributed by atoms with E-state index in [2.05, 4.69) is 12.2 Å². The summed E-state index contributed by atoms with van der Waals surface area (Å²) >= 11 is 0. The SMILES string of the molecule is COc1cc(C=CC(=O)N[C@H]2CC[C@@H](C)CC2)ccc1OC(C)=O. The molecular formula is C19H25NO4. The molecule has 0 aliphatic heterocycles. The van der Waals surface area contributed by atoms with Gasteiger partial charge in [-0.1, -0.05) is 13.0 Å². The lowest BCUT2D eigenvalue weighted by Crippen LogP contribution is -2.36. The predicted octanol–water partition coefficient (Wildman–Crippen LogP) is 3.33. The fourth-order valence-electron chi connectivity index (χ4n) is 2.85. The minimum Gasteiger partial charge on any atom is -0.493 e. The van der Waals surface area contributed by atoms with E-state index in [0.29, 0.717) is 11.5 Å². The van der Waals surface area contributed by atoms with Crippen LogP contribution in [0.3, 0.4) is 0 Å². The van der Waals surface area contributed by atoms with Gasteiger partial charge >= 0.3 is 5.97 Å². The lowest BCUT2D eigenvalue weighted by molar-refractivity contribution is -0.132. The Morgan fingerprint density at radius 2 is 1.88 bits per heavy atom. The van der Waals surface area contributed by atoms with E-state index in [9.17, 15) is 9.59 Å². The first-order valence-corrected chi connectivity index (χ1v) is 8.33. The third kappa shape index (κ3) is 5.41. The second kappa shape index (κ2) is 8.52. The third-order valence-corrected chi connectivity index (χ3v) is 4.23. The van der Waals surface area contributed by atoms with Crippen LogP contribution < -0.4 is 14.8 Å². The number of esters is 1. The highest BCUT2D eigenvalue weighted by Crippen LogP contribution is 2.28. The molecule has 1 amide bonds. The number of rotatable bonds is 5. The molecule has 0 heterocycles. The van der Waals surface area contributed by atoms with Crippen LogP contribution in [0.25, 0.3) is 6.08 Å². The maximum absolute atomic E-state index is 12.0. The Hall–Kier alpha value is -2.30. The van der Waals surface area contributed by atoms with Gasteiger partial charge in [0, 0.05) is 19.0 Å². The number of hydrogen-bond donors (Lipinski definition) is 1. The molecule has 0 bridgehead atoms. The van der Waals surface area contributed by atoms with Gasteiger partial charge in [-0.3, -0.25) is 9.59 Å². The fourth-order valence-corrected chi connectivity index (χ4v) is 2.85. The van der Waals surface area contributed by atoms with Crippen molar-refractivity contribution in [2.75, 3.05) is 7.11 Å². The Kier molecular flexibility index (Phi) is 6.41. The van der Waals surface area contributed by atoms with Gasteiger partial charge in [0.2, 0.25) is 5.91 Å². The number of methoxy groups -OCH3 is 1. The maximum Gasteiger partial charge on any atom is 0.308 e. The molecule has 1 N–H and O–H groups in total. The van der Waals surface area contributed by atoms with Gasteiger partial charge in [-0.15, -0.1) is 0 Å². The van der Waals surface area contributed by atoms with E-state index < -0.39 is 5.97 Å². The maximum atomic E-state index is 12.0. The number of carbonyl (C=O) groups excluding carboxylic acids is 2. The standard InChI is InChI=1S/C19H25NO4/c1-13-4-8-16(9-5-13)20-19(22)11-7-15-6-10-17(24-14(2)21)18(12-15)23-3/h6-7,10-13,16H,4-5,8-9H2,1-3H3,(H,20,22)/t13-,16+. The first-order chi connectivity index (χ1) is 11.5. The summed E-state index contributed by atoms with van der Waals surface area (Å²) in [5, 5.41) is 3.05. The Morgan fingerprint density at radius 3 is 2.50 bits per heavy atom. The van der Waals surface area contributed by atoms with Crippen LogP contribution in [-0.2, 0) is 9.59 Å². The van der Waals surface area contributed by atoms with Crippen LogP contribution in [0.5, 0.6) is 11.5 Å². The van der Waals surface area contributed by atoms with E-state index in [-0.39, 0.29) is 11.9 Å². The number of hydrogen-bond acceptors (Lipinski definition) is 4. The average Bonchev–Trinajstić information content (AvgIpc) is 2.55. The molecule has 2 rings (SSSR count). The smallest absolute Gasteiger partial charge is 0.308 e. The van der Waals surface area contributed by atoms with E-state index >= 15 is 0 Å². The number of ether oxygens (including phenoxy) is 2. The van der Waals surface area contributed by atoms with Crippen molar-refractivity contribution in [2.45, 2.75) is 45.6 Å². The highest BCUT2D eigenvalue weighted by molar-refractivity contribution is 5.92. The molecule has 0 aromatic heterocycles. The minimum atomic E-state index is -0.405. The largest absolute Gasteiger partial charge is 0.493 e. The first-order valence-electron chi connectivity index (χ1n) is 8.33. The lowest BCUT2D eigenvalue weighted by atomic mass is 9.87. The summed E-state index contributed by atoms with van der Waals surface area (Å²) in [4.78, 5) is 23.1. The van der Waals surface area contributed by atoms with Crippen molar-refractivity contribution in [2.24, 2.45) is 5.92 Å². The van der Waals surface area contributed by atoms with Crippen LogP contribution in [0.4, 0.5) is 0 Å². The molecule has 1 fully saturated rings. The molecule has 1 saturated carbocycles. The van der Waals surface area contributed by atoms with E-state index in [0.717, 1.165) is 24.3 Å². The van der Waals surface area contributed by atoms with Crippen LogP contribution in [-0.4, -0.2) is 25.0 Å². The second-order valence-electron chi connectivity index (χ2n) is 6.30. The van der Waals surface area contributed by atoms with Crippen LogP contribution in [0, 0.1) is 5.92 Å². The van der Waals surface area contributed by atoms with Crippen LogP contribution in [0.15, 0.2) is 24.3 Å². The molecule has 1 aliphatic carbocycles. The van der Waals surface area contributed by atoms with Crippen LogP contribution in [0.2, 0.25) is 0 Å². The molecule has 1 aromatic carbocycles. The topological polar surface area (TPSA) is 64.6 Å². The summed E-state index contributed by atoms with van der Waals surface area (Å²) in [6.07, 6.45) is 7.68. The molecule has 0 unspecified atom stereocenters. The quantitative estimate of drug-likeness (QED) is 0.511. The molecule has 24 heavy (non-hydrogen) atoms. The lowest BCUT2D eigenvalue weighted by Gasteiger charge is -2.26. The van der Waals surface area contributed by atoms with E-state index in [1.165, 1.54) is 33.0 Å². The van der Waals surface area contributed by atoms with Gasteiger partial charge in [0.15, 0.2) is 11.5 Å². The minimum absolute atomic E-state index is 0.0856. The van der Waals surface area contributed by atoms with E-state index in [1.807, 2.05) is 0 Å². The Bertz CT molecular complexity index is 616. The third-order valence-electron chi connectivity index (χ3n) is 4.23. The zero-order chi connectivity index (χ0) is 17.5. The second-order valence-corrected chi connectivity index (χ2v) is 6.30. The molecule has 0 atom stereocenters. The van der Waals surface area contributed by atoms with Crippen molar-refractivity contribution in [3.8, 4) is 11.5 Å². The molecule has 0 spiro atoms. The van der Waals surface area contributed by atoms with Gasteiger partial charge in [0.05, 0.1) is 7.11 Å². The average molecular weight is 331 g/mol. The summed E-state index contributed by atoms with van der Waals surface area (Å²) in [6, 6.07) is 5.43. The van der Waals surface area contributed by atoms with Crippen molar-refractivity contribution in [3.63, 3.8) is 0 Å². The van der Waals surface area contributed by atoms with Crippen molar-refractivity contribution in [1.82, 2.24) is 5.32 Å². The van der Waals surface area contributed by atoms with Gasteiger partial charge in [0.1, 0.15) is 0 Å². The summed E-state index contributed by atoms with van der Waals surface area (Å²) in [5.41, 5.74) is 0.801. The number of benzene rings is 1. The van der Waals surface area contributed by atoms with Gasteiger partial charge < -0.3 is 14.8 Å². The highest BCUT2D eigenvalue weighted by Gasteiger charge is 2.18. The highest BCUT2D eigenvalue weighted by atomic mass is 16.6. The molecule has 5 heteroatoms. The molecule has 0 radical (unpaired) electrons. The monoisotopic (exact) mass is 331 g/mol. The molecule has 0 saturated heterocycles. The Balaban J connectivity index is 1.95. The molecular weight excluding hydrogens is 306 g/mol. The fraction of sp³-hybridized carbons (Fsp3) is 0.474. The summed E-state index contributed by atoms with van der Waals surface area (Å²) < 4.78 is 10.3. The van der Waals surface area contributed by atoms with Crippen molar-refractivity contribution in [3.05, 3.63) is 29.8 Å². The van der Waals surface area contributed by atoms with Gasteiger partial charge in [-0.25, -0.2) is 0 Å². The Morgan fingerprint density at radius 1 is 1.17 bits per heavy atom. The van der Waals surface area contributed by atoms with E-state index in [4.69, 9.17) is 9.47 Å². The molecule has 5 nitrogen and oxygen atoms in total. The first kappa shape index (κ1) is 18.0. The zero-order valence-corrected chi connectivity index (χ0v) is 14.5. The van der Waals surface area contributed by atoms with Gasteiger partial charge in [0.25, 0.3) is 0 Å². The normalized spacial score (nSPS) is 20.6. The van der Waals surface area contributed by atoms with Crippen LogP contribution in [0.1, 0.15) is 45.1 Å². The molecule has 1 aromatic rings. The molecule has 130 valence electrons. The number of carbonyl (C=O) groups is 2. The number of amides is 1. The van der Waals surface area contributed by atoms with Crippen molar-refractivity contribution >= 4 is 18.0 Å². The number of nitrogens with one attached hydrogen (secondary N) is 1. The molecule has 1 aliphatic rings. The van der Waals surface area contributed by atoms with Gasteiger partial charge in [-0.05, 0) is 55.4 Å². The van der Waals surface area contributed by atoms with Crippen LogP contribution >= 0.6 is 0 Å².